The van der Waals surface area contributed by atoms with E-state index in [-0.39, 0.29) is 0 Å². The third kappa shape index (κ3) is 11.8. The fourth-order valence-corrected chi connectivity index (χ4v) is 37.8. The molecule has 0 amide bonds. The predicted molar refractivity (Wildman–Crippen MR) is 390 cm³/mol. The zero-order valence-electron chi connectivity index (χ0n) is 57.1. The maximum atomic E-state index is 13.8. The molecule has 0 saturated heterocycles. The summed E-state index contributed by atoms with van der Waals surface area (Å²) in [5.74, 6) is 15.8. The first kappa shape index (κ1) is 67.5. The van der Waals surface area contributed by atoms with Crippen LogP contribution < -0.4 is 0 Å². The van der Waals surface area contributed by atoms with Crippen molar-refractivity contribution in [3.63, 3.8) is 0 Å². The Hall–Kier alpha value is -5.97. The third-order valence-corrected chi connectivity index (χ3v) is 46.4. The molecule has 0 spiro atoms. The Kier molecular flexibility index (Phi) is 21.0. The number of aldehydes is 2. The molecule has 0 aliphatic carbocycles. The highest BCUT2D eigenvalue weighted by molar-refractivity contribution is 6.92. The molecule has 0 fully saturated rings. The molecule has 0 N–H and O–H groups in total. The van der Waals surface area contributed by atoms with E-state index in [1.54, 1.807) is 0 Å². The van der Waals surface area contributed by atoms with Gasteiger partial charge in [-0.1, -0.05) is 263 Å². The van der Waals surface area contributed by atoms with Crippen molar-refractivity contribution in [1.82, 2.24) is 0 Å². The van der Waals surface area contributed by atoms with Crippen molar-refractivity contribution < 1.29 is 9.59 Å². The summed E-state index contributed by atoms with van der Waals surface area (Å²) < 4.78 is 0. The molecule has 0 radical (unpaired) electrons. The summed E-state index contributed by atoms with van der Waals surface area (Å²) in [7, 11) is -8.66. The van der Waals surface area contributed by atoms with E-state index in [0.29, 0.717) is 88.7 Å². The van der Waals surface area contributed by atoms with Crippen molar-refractivity contribution in [2.24, 2.45) is 0 Å². The average Bonchev–Trinajstić information content (AvgIpc) is 0.788. The van der Waals surface area contributed by atoms with Gasteiger partial charge in [-0.2, -0.15) is 0 Å². The fraction of sp³-hybridized carbons (Fsp3) is 0.450. The van der Waals surface area contributed by atoms with Crippen molar-refractivity contribution in [2.45, 2.75) is 233 Å². The van der Waals surface area contributed by atoms with E-state index in [0.717, 1.165) is 89.0 Å². The summed E-state index contributed by atoms with van der Waals surface area (Å²) in [4.78, 5) is 27.7. The van der Waals surface area contributed by atoms with Crippen LogP contribution in [0.4, 0.5) is 0 Å². The van der Waals surface area contributed by atoms with Gasteiger partial charge in [0.2, 0.25) is 0 Å². The highest BCUT2D eigenvalue weighted by Crippen LogP contribution is 2.47. The molecule has 2 nitrogen and oxygen atoms in total. The fourth-order valence-electron chi connectivity index (χ4n) is 17.0. The van der Waals surface area contributed by atoms with Crippen LogP contribution in [0.25, 0.3) is 65.3 Å². The number of benzene rings is 7. The number of fused-ring (bicyclic) bond motifs is 4. The summed E-state index contributed by atoms with van der Waals surface area (Å²) in [5, 5.41) is 8.56. The van der Waals surface area contributed by atoms with E-state index in [4.69, 9.17) is 0 Å². The first-order valence-corrected chi connectivity index (χ1v) is 41.6. The molecule has 450 valence electrons. The van der Waals surface area contributed by atoms with E-state index in [2.05, 4.69) is 297 Å². The minimum Gasteiger partial charge on any atom is -0.298 e. The summed E-state index contributed by atoms with van der Waals surface area (Å²) in [5.41, 5.74) is 30.1. The Bertz CT molecular complexity index is 3620. The molecule has 0 aliphatic heterocycles. The Morgan fingerprint density at radius 1 is 0.267 bits per heavy atom. The molecule has 0 unspecified atom stereocenters. The Morgan fingerprint density at radius 3 is 0.663 bits per heavy atom. The first-order chi connectivity index (χ1) is 40.5. The molecular formula is C80H102O2Si4. The summed E-state index contributed by atoms with van der Waals surface area (Å²) in [6.45, 7) is 56.9. The SMILES string of the molecule is CC(C)[Si](C#Cc1c2ccccc2c(C#C[Si](C(C)C)(C(C)C)C(C)C)c2cc(-c3cc(C=O)c(-c4ccc5c(C#C[Si](C(C)C)(C(C)C)C(C)C)c6ccccc6c(C#C[Si](C(C)C)(C(C)C)C(C)C)c5c4)cc3C=O)ccc12)(C(C)C)C(C)C. The molecule has 0 atom stereocenters. The summed E-state index contributed by atoms with van der Waals surface area (Å²) >= 11 is 0. The standard InChI is InChI=1S/C80H102O2Si4/c1-51(2)83(52(3)4,53(5)6)41-37-73-67-29-25-27-31-69(67)75(39-43-85(57(13)14,58(15)16)59(17)18)79-45-63(33-35-71(73)79)77-47-66(50-82)78(48-65(77)49-81)64-34-36-72-74(38-42-84(54(7)8,55(9)10)56(11)12)68-30-26-28-32-70(68)76(80(72)46-64)40-44-86(60(19)20,61(21)22)62(23)24/h25-36,45-62H,1-24H3. The first-order valence-electron chi connectivity index (χ1n) is 32.7. The van der Waals surface area contributed by atoms with Crippen LogP contribution >= 0.6 is 0 Å². The van der Waals surface area contributed by atoms with Crippen LogP contribution in [0.5, 0.6) is 0 Å². The van der Waals surface area contributed by atoms with Crippen molar-refractivity contribution >= 4 is 88.0 Å². The van der Waals surface area contributed by atoms with Gasteiger partial charge in [0, 0.05) is 33.4 Å². The van der Waals surface area contributed by atoms with Gasteiger partial charge in [0.1, 0.15) is 32.3 Å². The van der Waals surface area contributed by atoms with Crippen molar-refractivity contribution in [2.75, 3.05) is 0 Å². The highest BCUT2D eigenvalue weighted by atomic mass is 28.3. The van der Waals surface area contributed by atoms with Crippen LogP contribution in [0.15, 0.2) is 97.1 Å². The maximum absolute atomic E-state index is 13.8. The third-order valence-electron chi connectivity index (χ3n) is 21.2. The molecule has 86 heavy (non-hydrogen) atoms. The molecule has 0 aromatic heterocycles. The van der Waals surface area contributed by atoms with Gasteiger partial charge in [-0.25, -0.2) is 0 Å². The largest absolute Gasteiger partial charge is 0.298 e. The zero-order chi connectivity index (χ0) is 63.7. The number of carbonyl (C=O) groups is 2. The monoisotopic (exact) mass is 1210 g/mol. The van der Waals surface area contributed by atoms with Crippen LogP contribution in [-0.2, 0) is 0 Å². The van der Waals surface area contributed by atoms with Crippen molar-refractivity contribution in [1.29, 1.82) is 0 Å². The van der Waals surface area contributed by atoms with Gasteiger partial charge in [0.05, 0.1) is 0 Å². The lowest BCUT2D eigenvalue weighted by molar-refractivity contribution is 0.111. The summed E-state index contributed by atoms with van der Waals surface area (Å²) in [6, 6.07) is 34.4. The second-order valence-corrected chi connectivity index (χ2v) is 51.3. The molecule has 7 rings (SSSR count). The minimum absolute atomic E-state index is 0.453. The second kappa shape index (κ2) is 26.8. The normalized spacial score (nSPS) is 12.7. The Balaban J connectivity index is 1.59. The lowest BCUT2D eigenvalue weighted by Gasteiger charge is -2.38. The molecular weight excluding hydrogens is 1110 g/mol. The minimum atomic E-state index is -2.19. The Labute approximate surface area is 525 Å². The van der Waals surface area contributed by atoms with E-state index in [1.165, 1.54) is 0 Å². The maximum Gasteiger partial charge on any atom is 0.150 e. The van der Waals surface area contributed by atoms with E-state index < -0.39 is 32.3 Å². The number of carbonyl (C=O) groups excluding carboxylic acids is 2. The predicted octanol–water partition coefficient (Wildman–Crippen LogP) is 23.5. The van der Waals surface area contributed by atoms with E-state index >= 15 is 0 Å². The van der Waals surface area contributed by atoms with Gasteiger partial charge in [0.25, 0.3) is 0 Å². The van der Waals surface area contributed by atoms with E-state index in [9.17, 15) is 9.59 Å². The lowest BCUT2D eigenvalue weighted by Crippen LogP contribution is -2.43. The summed E-state index contributed by atoms with van der Waals surface area (Å²) in [6.07, 6.45) is 1.91. The smallest absolute Gasteiger partial charge is 0.150 e. The van der Waals surface area contributed by atoms with Crippen molar-refractivity contribution in [3.05, 3.63) is 130 Å². The average molecular weight is 1210 g/mol. The molecule has 0 aliphatic rings. The molecule has 6 heteroatoms. The quantitative estimate of drug-likeness (QED) is 0.0418. The molecule has 0 bridgehead atoms. The van der Waals surface area contributed by atoms with Crippen LogP contribution in [0, 0.1) is 45.9 Å². The zero-order valence-corrected chi connectivity index (χ0v) is 61.1. The van der Waals surface area contributed by atoms with Gasteiger partial charge >= 0.3 is 0 Å². The van der Waals surface area contributed by atoms with Gasteiger partial charge in [-0.15, -0.1) is 22.2 Å². The van der Waals surface area contributed by atoms with Gasteiger partial charge in [0.15, 0.2) is 12.6 Å². The molecule has 7 aromatic carbocycles. The number of rotatable bonds is 16. The Morgan fingerprint density at radius 2 is 0.465 bits per heavy atom. The number of hydrogen-bond donors (Lipinski definition) is 0. The highest BCUT2D eigenvalue weighted by Gasteiger charge is 2.45. The van der Waals surface area contributed by atoms with Crippen LogP contribution in [-0.4, -0.2) is 44.9 Å². The van der Waals surface area contributed by atoms with Crippen molar-refractivity contribution in [3.8, 4) is 68.1 Å². The second-order valence-electron chi connectivity index (χ2n) is 29.0. The molecule has 7 aromatic rings. The van der Waals surface area contributed by atoms with Gasteiger partial charge in [-0.3, -0.25) is 9.59 Å². The van der Waals surface area contributed by atoms with Gasteiger partial charge < -0.3 is 0 Å². The van der Waals surface area contributed by atoms with Crippen LogP contribution in [0.1, 0.15) is 209 Å². The van der Waals surface area contributed by atoms with E-state index in [1.807, 2.05) is 12.1 Å². The molecule has 0 heterocycles. The van der Waals surface area contributed by atoms with Gasteiger partial charge in [-0.05, 0) is 156 Å². The molecule has 0 saturated carbocycles. The van der Waals surface area contributed by atoms with Crippen LogP contribution in [0.2, 0.25) is 66.5 Å². The topological polar surface area (TPSA) is 34.1 Å². The van der Waals surface area contributed by atoms with Crippen LogP contribution in [0.3, 0.4) is 0 Å². The number of hydrogen-bond acceptors (Lipinski definition) is 2. The lowest BCUT2D eigenvalue weighted by atomic mass is 9.86.